The van der Waals surface area contributed by atoms with Crippen LogP contribution in [-0.4, -0.2) is 19.0 Å². The Balaban J connectivity index is 2.68. The van der Waals surface area contributed by atoms with E-state index in [0.717, 1.165) is 6.42 Å². The molecule has 0 aromatic heterocycles. The summed E-state index contributed by atoms with van der Waals surface area (Å²) in [6, 6.07) is 4.81. The quantitative estimate of drug-likeness (QED) is 0.530. The van der Waals surface area contributed by atoms with Crippen molar-refractivity contribution in [3.05, 3.63) is 28.8 Å². The summed E-state index contributed by atoms with van der Waals surface area (Å²) in [5.74, 6) is -0.222. The molecular formula is C10H14ClN3O. The fourth-order valence-corrected chi connectivity index (χ4v) is 1.32. The molecule has 0 saturated heterocycles. The molecule has 0 radical (unpaired) electrons. The largest absolute Gasteiger partial charge is 0.399 e. The lowest BCUT2D eigenvalue weighted by molar-refractivity contribution is 0.0953. The van der Waals surface area contributed by atoms with Crippen molar-refractivity contribution in [2.75, 3.05) is 18.8 Å². The lowest BCUT2D eigenvalue weighted by Gasteiger charge is -2.06. The summed E-state index contributed by atoms with van der Waals surface area (Å²) in [6.45, 7) is 1.09. The molecule has 1 aromatic carbocycles. The first kappa shape index (κ1) is 11.8. The number of carbonyl (C=O) groups is 1. The predicted molar refractivity (Wildman–Crippen MR) is 61.9 cm³/mol. The SMILES string of the molecule is NCCCNC(=O)c1cc(N)ccc1Cl. The van der Waals surface area contributed by atoms with Crippen LogP contribution in [0.3, 0.4) is 0 Å². The second-order valence-corrected chi connectivity index (χ2v) is 3.54. The first-order valence-corrected chi connectivity index (χ1v) is 5.06. The van der Waals surface area contributed by atoms with E-state index in [4.69, 9.17) is 23.1 Å². The highest BCUT2D eigenvalue weighted by molar-refractivity contribution is 6.34. The summed E-state index contributed by atoms with van der Waals surface area (Å²) in [5.41, 5.74) is 11.8. The van der Waals surface area contributed by atoms with Crippen molar-refractivity contribution in [3.63, 3.8) is 0 Å². The fourth-order valence-electron chi connectivity index (χ4n) is 1.12. The van der Waals surface area contributed by atoms with Gasteiger partial charge in [0.1, 0.15) is 0 Å². The maximum absolute atomic E-state index is 11.6. The average Bonchev–Trinajstić information content (AvgIpc) is 2.22. The van der Waals surface area contributed by atoms with E-state index in [-0.39, 0.29) is 5.91 Å². The minimum atomic E-state index is -0.222. The standard InChI is InChI=1S/C10H14ClN3O/c11-9-3-2-7(13)6-8(9)10(15)14-5-1-4-12/h2-3,6H,1,4-5,12-13H2,(H,14,15). The van der Waals surface area contributed by atoms with Crippen LogP contribution in [0.25, 0.3) is 0 Å². The molecule has 5 N–H and O–H groups in total. The van der Waals surface area contributed by atoms with Gasteiger partial charge in [0.15, 0.2) is 0 Å². The first-order chi connectivity index (χ1) is 7.15. The number of nitrogen functional groups attached to an aromatic ring is 1. The van der Waals surface area contributed by atoms with Gasteiger partial charge in [-0.15, -0.1) is 0 Å². The number of benzene rings is 1. The monoisotopic (exact) mass is 227 g/mol. The lowest BCUT2D eigenvalue weighted by Crippen LogP contribution is -2.26. The smallest absolute Gasteiger partial charge is 0.252 e. The summed E-state index contributed by atoms with van der Waals surface area (Å²) in [6.07, 6.45) is 0.742. The zero-order valence-electron chi connectivity index (χ0n) is 8.29. The van der Waals surface area contributed by atoms with Crippen LogP contribution in [0.5, 0.6) is 0 Å². The number of hydrogen-bond donors (Lipinski definition) is 3. The molecule has 0 unspecified atom stereocenters. The molecule has 1 aromatic rings. The van der Waals surface area contributed by atoms with Gasteiger partial charge in [-0.2, -0.15) is 0 Å². The number of nitrogens with two attached hydrogens (primary N) is 2. The number of nitrogens with one attached hydrogen (secondary N) is 1. The Hall–Kier alpha value is -1.26. The minimum Gasteiger partial charge on any atom is -0.399 e. The molecule has 0 aliphatic carbocycles. The highest BCUT2D eigenvalue weighted by Crippen LogP contribution is 2.18. The average molecular weight is 228 g/mol. The molecule has 0 heterocycles. The van der Waals surface area contributed by atoms with E-state index >= 15 is 0 Å². The third kappa shape index (κ3) is 3.42. The maximum Gasteiger partial charge on any atom is 0.252 e. The molecule has 1 rings (SSSR count). The second-order valence-electron chi connectivity index (χ2n) is 3.14. The van der Waals surface area contributed by atoms with E-state index in [1.54, 1.807) is 18.2 Å². The minimum absolute atomic E-state index is 0.222. The van der Waals surface area contributed by atoms with Gasteiger partial charge in [0, 0.05) is 12.2 Å². The predicted octanol–water partition coefficient (Wildman–Crippen LogP) is 1.00. The number of halogens is 1. The Bertz CT molecular complexity index is 355. The van der Waals surface area contributed by atoms with Crippen LogP contribution >= 0.6 is 11.6 Å². The maximum atomic E-state index is 11.6. The van der Waals surface area contributed by atoms with E-state index in [1.165, 1.54) is 0 Å². The van der Waals surface area contributed by atoms with Crippen molar-refractivity contribution in [2.45, 2.75) is 6.42 Å². The van der Waals surface area contributed by atoms with E-state index in [1.807, 2.05) is 0 Å². The van der Waals surface area contributed by atoms with E-state index in [2.05, 4.69) is 5.32 Å². The van der Waals surface area contributed by atoms with E-state index in [0.29, 0.717) is 29.4 Å². The van der Waals surface area contributed by atoms with Crippen LogP contribution in [0, 0.1) is 0 Å². The fraction of sp³-hybridized carbons (Fsp3) is 0.300. The number of hydrogen-bond acceptors (Lipinski definition) is 3. The zero-order valence-corrected chi connectivity index (χ0v) is 9.05. The van der Waals surface area contributed by atoms with Gasteiger partial charge < -0.3 is 16.8 Å². The molecule has 4 nitrogen and oxygen atoms in total. The topological polar surface area (TPSA) is 81.1 Å². The Labute approximate surface area is 93.6 Å². The summed E-state index contributed by atoms with van der Waals surface area (Å²) in [7, 11) is 0. The van der Waals surface area contributed by atoms with Gasteiger partial charge in [0.2, 0.25) is 0 Å². The van der Waals surface area contributed by atoms with Gasteiger partial charge in [-0.05, 0) is 31.2 Å². The molecule has 15 heavy (non-hydrogen) atoms. The van der Waals surface area contributed by atoms with Gasteiger partial charge >= 0.3 is 0 Å². The number of rotatable bonds is 4. The molecule has 0 fully saturated rings. The summed E-state index contributed by atoms with van der Waals surface area (Å²) < 4.78 is 0. The second kappa shape index (κ2) is 5.58. The van der Waals surface area contributed by atoms with Crippen LogP contribution < -0.4 is 16.8 Å². The van der Waals surface area contributed by atoms with Crippen LogP contribution in [0.4, 0.5) is 5.69 Å². The Morgan fingerprint density at radius 1 is 1.47 bits per heavy atom. The highest BCUT2D eigenvalue weighted by atomic mass is 35.5. The number of carbonyl (C=O) groups excluding carboxylic acids is 1. The van der Waals surface area contributed by atoms with Crippen LogP contribution in [0.1, 0.15) is 16.8 Å². The van der Waals surface area contributed by atoms with Gasteiger partial charge in [-0.1, -0.05) is 11.6 Å². The zero-order chi connectivity index (χ0) is 11.3. The highest BCUT2D eigenvalue weighted by Gasteiger charge is 2.09. The molecule has 0 aliphatic heterocycles. The molecule has 1 amide bonds. The lowest BCUT2D eigenvalue weighted by atomic mass is 10.2. The molecule has 0 spiro atoms. The Morgan fingerprint density at radius 3 is 2.87 bits per heavy atom. The van der Waals surface area contributed by atoms with Crippen molar-refractivity contribution >= 4 is 23.2 Å². The number of amides is 1. The third-order valence-corrected chi connectivity index (χ3v) is 2.23. The van der Waals surface area contributed by atoms with Gasteiger partial charge in [-0.25, -0.2) is 0 Å². The van der Waals surface area contributed by atoms with Crippen molar-refractivity contribution in [2.24, 2.45) is 5.73 Å². The number of anilines is 1. The molecule has 0 bridgehead atoms. The van der Waals surface area contributed by atoms with Crippen LogP contribution in [-0.2, 0) is 0 Å². The summed E-state index contributed by atoms with van der Waals surface area (Å²) >= 11 is 5.86. The van der Waals surface area contributed by atoms with E-state index < -0.39 is 0 Å². The summed E-state index contributed by atoms with van der Waals surface area (Å²) in [5, 5.41) is 3.11. The van der Waals surface area contributed by atoms with Gasteiger partial charge in [-0.3, -0.25) is 4.79 Å². The normalized spacial score (nSPS) is 10.0. The molecule has 0 atom stereocenters. The molecule has 82 valence electrons. The Kier molecular flexibility index (Phi) is 4.39. The molecule has 0 aliphatic rings. The van der Waals surface area contributed by atoms with Crippen LogP contribution in [0.15, 0.2) is 18.2 Å². The van der Waals surface area contributed by atoms with Gasteiger partial charge in [0.25, 0.3) is 5.91 Å². The Morgan fingerprint density at radius 2 is 2.20 bits per heavy atom. The van der Waals surface area contributed by atoms with Gasteiger partial charge in [0.05, 0.1) is 10.6 Å². The first-order valence-electron chi connectivity index (χ1n) is 4.68. The van der Waals surface area contributed by atoms with Crippen molar-refractivity contribution in [3.8, 4) is 0 Å². The molecular weight excluding hydrogens is 214 g/mol. The van der Waals surface area contributed by atoms with Crippen molar-refractivity contribution in [1.29, 1.82) is 0 Å². The third-order valence-electron chi connectivity index (χ3n) is 1.90. The van der Waals surface area contributed by atoms with E-state index in [9.17, 15) is 4.79 Å². The summed E-state index contributed by atoms with van der Waals surface area (Å²) in [4.78, 5) is 11.6. The molecule has 0 saturated carbocycles. The van der Waals surface area contributed by atoms with Crippen LogP contribution in [0.2, 0.25) is 5.02 Å². The van der Waals surface area contributed by atoms with Crippen molar-refractivity contribution < 1.29 is 4.79 Å². The van der Waals surface area contributed by atoms with Crippen molar-refractivity contribution in [1.82, 2.24) is 5.32 Å². The molecule has 5 heteroatoms.